The molecule has 0 unspecified atom stereocenters. The van der Waals surface area contributed by atoms with Gasteiger partial charge in [0.15, 0.2) is 0 Å². The molecule has 0 radical (unpaired) electrons. The van der Waals surface area contributed by atoms with Crippen molar-refractivity contribution in [2.24, 2.45) is 5.10 Å². The quantitative estimate of drug-likeness (QED) is 0.492. The van der Waals surface area contributed by atoms with Crippen LogP contribution >= 0.6 is 15.9 Å². The summed E-state index contributed by atoms with van der Waals surface area (Å²) in [4.78, 5) is 18.0. The first-order valence-corrected chi connectivity index (χ1v) is 10.6. The molecule has 160 valence electrons. The van der Waals surface area contributed by atoms with Gasteiger partial charge in [0, 0.05) is 36.2 Å². The van der Waals surface area contributed by atoms with Gasteiger partial charge < -0.3 is 24.0 Å². The number of anilines is 3. The van der Waals surface area contributed by atoms with Crippen LogP contribution in [-0.2, 0) is 9.47 Å². The van der Waals surface area contributed by atoms with Gasteiger partial charge in [-0.15, -0.1) is 0 Å². The van der Waals surface area contributed by atoms with Crippen LogP contribution < -0.4 is 20.0 Å². The maximum Gasteiger partial charge on any atom is 0.250 e. The standard InChI is InChI=1S/C19H24BrN7O3/c1-28-16-3-2-15(20)12-14(16)13-21-25-17-22-18(26-4-8-29-9-5-26)24-19(23-17)27-6-10-30-11-7-27/h2-3,12-13H,4-11H2,1H3,(H,22,23,24,25)/b21-13-. The lowest BCUT2D eigenvalue weighted by atomic mass is 10.2. The Morgan fingerprint density at radius 3 is 2.17 bits per heavy atom. The summed E-state index contributed by atoms with van der Waals surface area (Å²) in [5.41, 5.74) is 3.77. The Kier molecular flexibility index (Phi) is 6.92. The molecule has 11 heteroatoms. The number of hydrazone groups is 1. The maximum atomic E-state index is 5.45. The van der Waals surface area contributed by atoms with Crippen molar-refractivity contribution < 1.29 is 14.2 Å². The molecule has 2 saturated heterocycles. The van der Waals surface area contributed by atoms with E-state index in [1.807, 2.05) is 18.2 Å². The summed E-state index contributed by atoms with van der Waals surface area (Å²) in [6, 6.07) is 5.72. The number of rotatable bonds is 6. The zero-order valence-corrected chi connectivity index (χ0v) is 18.3. The van der Waals surface area contributed by atoms with Crippen LogP contribution in [0.5, 0.6) is 5.75 Å². The molecule has 0 aliphatic carbocycles. The molecule has 1 aromatic carbocycles. The summed E-state index contributed by atoms with van der Waals surface area (Å²) >= 11 is 3.47. The number of nitrogens with zero attached hydrogens (tertiary/aromatic N) is 6. The highest BCUT2D eigenvalue weighted by Gasteiger charge is 2.20. The van der Waals surface area contributed by atoms with Gasteiger partial charge in [0.2, 0.25) is 17.8 Å². The van der Waals surface area contributed by atoms with E-state index in [1.54, 1.807) is 13.3 Å². The summed E-state index contributed by atoms with van der Waals surface area (Å²) in [7, 11) is 1.63. The summed E-state index contributed by atoms with van der Waals surface area (Å²) < 4.78 is 17.2. The molecule has 2 aromatic rings. The Morgan fingerprint density at radius 2 is 1.60 bits per heavy atom. The van der Waals surface area contributed by atoms with E-state index in [0.717, 1.165) is 42.0 Å². The van der Waals surface area contributed by atoms with Crippen molar-refractivity contribution in [1.29, 1.82) is 0 Å². The first-order chi connectivity index (χ1) is 14.7. The van der Waals surface area contributed by atoms with E-state index in [9.17, 15) is 0 Å². The second kappa shape index (κ2) is 10.0. The van der Waals surface area contributed by atoms with E-state index in [1.165, 1.54) is 0 Å². The summed E-state index contributed by atoms with van der Waals surface area (Å²) in [5.74, 6) is 2.35. The predicted molar refractivity (Wildman–Crippen MR) is 118 cm³/mol. The molecule has 2 aliphatic rings. The molecule has 0 saturated carbocycles. The van der Waals surface area contributed by atoms with Crippen molar-refractivity contribution in [3.8, 4) is 5.75 Å². The number of morpholine rings is 2. The number of aromatic nitrogens is 3. The number of methoxy groups -OCH3 is 1. The number of hydrogen-bond donors (Lipinski definition) is 1. The fraction of sp³-hybridized carbons (Fsp3) is 0.474. The van der Waals surface area contributed by atoms with Gasteiger partial charge in [0.05, 0.1) is 39.8 Å². The lowest BCUT2D eigenvalue weighted by Gasteiger charge is -2.30. The molecule has 0 bridgehead atoms. The topological polar surface area (TPSA) is 97.2 Å². The minimum Gasteiger partial charge on any atom is -0.496 e. The van der Waals surface area contributed by atoms with E-state index in [4.69, 9.17) is 14.2 Å². The molecule has 30 heavy (non-hydrogen) atoms. The highest BCUT2D eigenvalue weighted by Crippen LogP contribution is 2.22. The minimum atomic E-state index is 0.387. The smallest absolute Gasteiger partial charge is 0.250 e. The summed E-state index contributed by atoms with van der Waals surface area (Å²) in [6.45, 7) is 5.58. The fourth-order valence-electron chi connectivity index (χ4n) is 3.18. The van der Waals surface area contributed by atoms with Gasteiger partial charge in [-0.05, 0) is 18.2 Å². The largest absolute Gasteiger partial charge is 0.496 e. The SMILES string of the molecule is COc1ccc(Br)cc1/C=N\Nc1nc(N2CCOCC2)nc(N2CCOCC2)n1. The maximum absolute atomic E-state index is 5.45. The van der Waals surface area contributed by atoms with Crippen LogP contribution in [0, 0.1) is 0 Å². The normalized spacial score (nSPS) is 17.4. The first kappa shape index (κ1) is 20.8. The van der Waals surface area contributed by atoms with Crippen LogP contribution in [0.25, 0.3) is 0 Å². The van der Waals surface area contributed by atoms with Crippen molar-refractivity contribution in [2.75, 3.05) is 74.9 Å². The second-order valence-electron chi connectivity index (χ2n) is 6.71. The van der Waals surface area contributed by atoms with Gasteiger partial charge in [-0.25, -0.2) is 5.43 Å². The summed E-state index contributed by atoms with van der Waals surface area (Å²) in [5, 5.41) is 4.32. The molecule has 0 amide bonds. The average molecular weight is 478 g/mol. The third-order valence-electron chi connectivity index (χ3n) is 4.76. The van der Waals surface area contributed by atoms with E-state index < -0.39 is 0 Å². The second-order valence-corrected chi connectivity index (χ2v) is 7.63. The minimum absolute atomic E-state index is 0.387. The molecular formula is C19H24BrN7O3. The molecule has 10 nitrogen and oxygen atoms in total. The van der Waals surface area contributed by atoms with Gasteiger partial charge in [-0.1, -0.05) is 15.9 Å². The third kappa shape index (κ3) is 5.15. The van der Waals surface area contributed by atoms with E-state index in [2.05, 4.69) is 51.2 Å². The van der Waals surface area contributed by atoms with Crippen LogP contribution in [0.15, 0.2) is 27.8 Å². The Hall–Kier alpha value is -2.50. The van der Waals surface area contributed by atoms with Crippen LogP contribution in [-0.4, -0.2) is 80.9 Å². The van der Waals surface area contributed by atoms with Crippen molar-refractivity contribution in [3.63, 3.8) is 0 Å². The molecular weight excluding hydrogens is 454 g/mol. The van der Waals surface area contributed by atoms with E-state index >= 15 is 0 Å². The van der Waals surface area contributed by atoms with Crippen molar-refractivity contribution >= 4 is 40.0 Å². The Labute approximate surface area is 183 Å². The van der Waals surface area contributed by atoms with E-state index in [0.29, 0.717) is 44.3 Å². The van der Waals surface area contributed by atoms with Gasteiger partial charge in [0.25, 0.3) is 0 Å². The molecule has 3 heterocycles. The lowest BCUT2D eigenvalue weighted by molar-refractivity contribution is 0.121. The highest BCUT2D eigenvalue weighted by molar-refractivity contribution is 9.10. The number of benzene rings is 1. The number of halogens is 1. The van der Waals surface area contributed by atoms with Crippen LogP contribution in [0.3, 0.4) is 0 Å². The highest BCUT2D eigenvalue weighted by atomic mass is 79.9. The zero-order valence-electron chi connectivity index (χ0n) is 16.8. The molecule has 0 spiro atoms. The van der Waals surface area contributed by atoms with Crippen molar-refractivity contribution in [3.05, 3.63) is 28.2 Å². The van der Waals surface area contributed by atoms with Gasteiger partial charge in [-0.2, -0.15) is 20.1 Å². The molecule has 1 N–H and O–H groups in total. The van der Waals surface area contributed by atoms with Gasteiger partial charge in [0.1, 0.15) is 5.75 Å². The Bertz CT molecular complexity index is 850. The van der Waals surface area contributed by atoms with Crippen molar-refractivity contribution in [2.45, 2.75) is 0 Å². The molecule has 1 aromatic heterocycles. The lowest BCUT2D eigenvalue weighted by Crippen LogP contribution is -2.40. The van der Waals surface area contributed by atoms with Gasteiger partial charge >= 0.3 is 0 Å². The average Bonchev–Trinajstić information content (AvgIpc) is 2.80. The summed E-state index contributed by atoms with van der Waals surface area (Å²) in [6.07, 6.45) is 1.68. The van der Waals surface area contributed by atoms with Crippen LogP contribution in [0.2, 0.25) is 0 Å². The number of ether oxygens (including phenoxy) is 3. The number of nitrogens with one attached hydrogen (secondary N) is 1. The first-order valence-electron chi connectivity index (χ1n) is 9.77. The zero-order chi connectivity index (χ0) is 20.8. The van der Waals surface area contributed by atoms with E-state index in [-0.39, 0.29) is 0 Å². The third-order valence-corrected chi connectivity index (χ3v) is 5.25. The molecule has 0 atom stereocenters. The Balaban J connectivity index is 1.57. The van der Waals surface area contributed by atoms with Crippen molar-refractivity contribution in [1.82, 2.24) is 15.0 Å². The Morgan fingerprint density at radius 1 is 1.00 bits per heavy atom. The molecule has 2 fully saturated rings. The van der Waals surface area contributed by atoms with Crippen LogP contribution in [0.4, 0.5) is 17.8 Å². The molecule has 4 rings (SSSR count). The fourth-order valence-corrected chi connectivity index (χ4v) is 3.56. The van der Waals surface area contributed by atoms with Gasteiger partial charge in [-0.3, -0.25) is 0 Å². The van der Waals surface area contributed by atoms with Crippen LogP contribution in [0.1, 0.15) is 5.56 Å². The monoisotopic (exact) mass is 477 g/mol. The molecule has 2 aliphatic heterocycles. The number of hydrogen-bond acceptors (Lipinski definition) is 10. The predicted octanol–water partition coefficient (Wildman–Crippen LogP) is 1.76.